The molecule has 4 nitrogen and oxygen atoms in total. The van der Waals surface area contributed by atoms with Crippen LogP contribution in [-0.2, 0) is 6.54 Å². The summed E-state index contributed by atoms with van der Waals surface area (Å²) in [5, 5.41) is 8.90. The predicted octanol–water partition coefficient (Wildman–Crippen LogP) is 2.30. The first-order valence-electron chi connectivity index (χ1n) is 7.11. The summed E-state index contributed by atoms with van der Waals surface area (Å²) >= 11 is 0. The van der Waals surface area contributed by atoms with E-state index in [9.17, 15) is 4.79 Å². The summed E-state index contributed by atoms with van der Waals surface area (Å²) in [6.45, 7) is 1.91. The first-order chi connectivity index (χ1) is 9.43. The fraction of sp³-hybridized carbons (Fsp3) is 0.562. The van der Waals surface area contributed by atoms with Gasteiger partial charge < -0.3 is 14.9 Å². The molecule has 110 valence electrons. The fourth-order valence-corrected chi connectivity index (χ4v) is 2.95. The lowest BCUT2D eigenvalue weighted by Crippen LogP contribution is -2.56. The van der Waals surface area contributed by atoms with Crippen LogP contribution in [-0.4, -0.2) is 54.1 Å². The maximum Gasteiger partial charge on any atom is 0.335 e. The van der Waals surface area contributed by atoms with Gasteiger partial charge in [-0.3, -0.25) is 0 Å². The minimum Gasteiger partial charge on any atom is -0.478 e. The van der Waals surface area contributed by atoms with Crippen LogP contribution in [0.5, 0.6) is 0 Å². The Hall–Kier alpha value is -1.39. The molecular formula is C16H24N2O2. The summed E-state index contributed by atoms with van der Waals surface area (Å²) in [5.41, 5.74) is 1.83. The Morgan fingerprint density at radius 2 is 1.80 bits per heavy atom. The van der Waals surface area contributed by atoms with Crippen molar-refractivity contribution in [3.8, 4) is 0 Å². The minimum atomic E-state index is -0.870. The average molecular weight is 276 g/mol. The van der Waals surface area contributed by atoms with Gasteiger partial charge in [0, 0.05) is 18.6 Å². The lowest BCUT2D eigenvalue weighted by atomic mass is 9.75. The average Bonchev–Trinajstić information content (AvgIpc) is 2.34. The Morgan fingerprint density at radius 3 is 2.20 bits per heavy atom. The van der Waals surface area contributed by atoms with Gasteiger partial charge in [-0.2, -0.15) is 0 Å². The van der Waals surface area contributed by atoms with Gasteiger partial charge in [0.25, 0.3) is 0 Å². The van der Waals surface area contributed by atoms with Crippen LogP contribution < -0.4 is 0 Å². The Morgan fingerprint density at radius 1 is 1.20 bits per heavy atom. The maximum atomic E-state index is 10.8. The van der Waals surface area contributed by atoms with Crippen molar-refractivity contribution < 1.29 is 9.90 Å². The van der Waals surface area contributed by atoms with Crippen molar-refractivity contribution in [2.75, 3.05) is 27.7 Å². The van der Waals surface area contributed by atoms with Crippen molar-refractivity contribution in [1.29, 1.82) is 0 Å². The molecule has 20 heavy (non-hydrogen) atoms. The van der Waals surface area contributed by atoms with Crippen LogP contribution in [0.1, 0.15) is 35.2 Å². The Labute approximate surface area is 121 Å². The lowest BCUT2D eigenvalue weighted by molar-refractivity contribution is 0.0259. The lowest BCUT2D eigenvalue weighted by Gasteiger charge is -2.49. The molecule has 0 amide bonds. The van der Waals surface area contributed by atoms with E-state index in [4.69, 9.17) is 5.11 Å². The highest BCUT2D eigenvalue weighted by atomic mass is 16.4. The second-order valence-electron chi connectivity index (χ2n) is 6.15. The van der Waals surface area contributed by atoms with Gasteiger partial charge in [-0.05, 0) is 58.1 Å². The summed E-state index contributed by atoms with van der Waals surface area (Å²) in [6.07, 6.45) is 3.85. The van der Waals surface area contributed by atoms with Crippen LogP contribution in [0.4, 0.5) is 0 Å². The van der Waals surface area contributed by atoms with Gasteiger partial charge >= 0.3 is 5.97 Å². The van der Waals surface area contributed by atoms with E-state index < -0.39 is 5.97 Å². The largest absolute Gasteiger partial charge is 0.478 e. The van der Waals surface area contributed by atoms with E-state index in [1.54, 1.807) is 12.1 Å². The SMILES string of the molecule is CN(Cc1ccc(C(=O)O)cc1)CC1(N(C)C)CCC1. The summed E-state index contributed by atoms with van der Waals surface area (Å²) < 4.78 is 0. The number of carboxylic acids is 1. The first kappa shape index (κ1) is 15.0. The van der Waals surface area contributed by atoms with Crippen molar-refractivity contribution in [2.24, 2.45) is 0 Å². The van der Waals surface area contributed by atoms with Gasteiger partial charge in [0.2, 0.25) is 0 Å². The number of carboxylic acid groups (broad SMARTS) is 1. The molecule has 0 atom stereocenters. The molecule has 1 aromatic carbocycles. The molecule has 0 aromatic heterocycles. The number of benzene rings is 1. The van der Waals surface area contributed by atoms with Crippen molar-refractivity contribution in [3.63, 3.8) is 0 Å². The highest BCUT2D eigenvalue weighted by molar-refractivity contribution is 5.87. The molecule has 0 unspecified atom stereocenters. The van der Waals surface area contributed by atoms with Gasteiger partial charge in [-0.1, -0.05) is 12.1 Å². The molecule has 1 N–H and O–H groups in total. The molecule has 1 aliphatic carbocycles. The maximum absolute atomic E-state index is 10.8. The normalized spacial score (nSPS) is 17.2. The fourth-order valence-electron chi connectivity index (χ4n) is 2.95. The van der Waals surface area contributed by atoms with E-state index in [2.05, 4.69) is 30.9 Å². The molecule has 0 aliphatic heterocycles. The van der Waals surface area contributed by atoms with Gasteiger partial charge in [-0.25, -0.2) is 4.79 Å². The first-order valence-corrected chi connectivity index (χ1v) is 7.11. The third-order valence-electron chi connectivity index (χ3n) is 4.45. The standard InChI is InChI=1S/C16H24N2O2/c1-17(2)16(9-4-10-16)12-18(3)11-13-5-7-14(8-6-13)15(19)20/h5-8H,4,9-12H2,1-3H3,(H,19,20). The molecule has 1 aliphatic rings. The number of hydrogen-bond donors (Lipinski definition) is 1. The van der Waals surface area contributed by atoms with Crippen molar-refractivity contribution in [3.05, 3.63) is 35.4 Å². The van der Waals surface area contributed by atoms with Crippen LogP contribution in [0, 0.1) is 0 Å². The Kier molecular flexibility index (Phi) is 4.45. The molecule has 0 bridgehead atoms. The number of nitrogens with zero attached hydrogens (tertiary/aromatic N) is 2. The van der Waals surface area contributed by atoms with E-state index in [-0.39, 0.29) is 0 Å². The zero-order chi connectivity index (χ0) is 14.8. The Balaban J connectivity index is 1.94. The molecule has 0 spiro atoms. The summed E-state index contributed by atoms with van der Waals surface area (Å²) in [4.78, 5) is 15.5. The second-order valence-corrected chi connectivity index (χ2v) is 6.15. The highest BCUT2D eigenvalue weighted by Crippen LogP contribution is 2.36. The van der Waals surface area contributed by atoms with Crippen molar-refractivity contribution in [1.82, 2.24) is 9.80 Å². The van der Waals surface area contributed by atoms with E-state index in [0.29, 0.717) is 11.1 Å². The number of carbonyl (C=O) groups is 1. The van der Waals surface area contributed by atoms with Gasteiger partial charge in [0.1, 0.15) is 0 Å². The zero-order valence-corrected chi connectivity index (χ0v) is 12.6. The molecule has 0 saturated heterocycles. The van der Waals surface area contributed by atoms with Crippen LogP contribution >= 0.6 is 0 Å². The molecule has 0 radical (unpaired) electrons. The molecule has 1 aromatic rings. The van der Waals surface area contributed by atoms with Gasteiger partial charge in [0.05, 0.1) is 5.56 Å². The van der Waals surface area contributed by atoms with Crippen molar-refractivity contribution in [2.45, 2.75) is 31.3 Å². The van der Waals surface area contributed by atoms with E-state index in [1.807, 2.05) is 12.1 Å². The molecule has 2 rings (SSSR count). The predicted molar refractivity (Wildman–Crippen MR) is 80.0 cm³/mol. The van der Waals surface area contributed by atoms with Crippen LogP contribution in [0.3, 0.4) is 0 Å². The van der Waals surface area contributed by atoms with Crippen LogP contribution in [0.25, 0.3) is 0 Å². The quantitative estimate of drug-likeness (QED) is 0.866. The molecular weight excluding hydrogens is 252 g/mol. The monoisotopic (exact) mass is 276 g/mol. The number of rotatable bonds is 6. The van der Waals surface area contributed by atoms with Gasteiger partial charge in [-0.15, -0.1) is 0 Å². The zero-order valence-electron chi connectivity index (χ0n) is 12.6. The second kappa shape index (κ2) is 5.94. The number of hydrogen-bond acceptors (Lipinski definition) is 3. The van der Waals surface area contributed by atoms with E-state index in [1.165, 1.54) is 19.3 Å². The molecule has 4 heteroatoms. The van der Waals surface area contributed by atoms with Crippen LogP contribution in [0.2, 0.25) is 0 Å². The molecule has 1 fully saturated rings. The third kappa shape index (κ3) is 3.19. The smallest absolute Gasteiger partial charge is 0.335 e. The topological polar surface area (TPSA) is 43.8 Å². The summed E-state index contributed by atoms with van der Waals surface area (Å²) in [6, 6.07) is 7.17. The molecule has 0 heterocycles. The number of likely N-dealkylation sites (N-methyl/N-ethyl adjacent to an activating group) is 2. The van der Waals surface area contributed by atoms with Crippen LogP contribution in [0.15, 0.2) is 24.3 Å². The summed E-state index contributed by atoms with van der Waals surface area (Å²) in [7, 11) is 6.46. The van der Waals surface area contributed by atoms with Crippen molar-refractivity contribution >= 4 is 5.97 Å². The van der Waals surface area contributed by atoms with E-state index in [0.717, 1.165) is 18.7 Å². The third-order valence-corrected chi connectivity index (χ3v) is 4.45. The Bertz CT molecular complexity index is 464. The highest BCUT2D eigenvalue weighted by Gasteiger charge is 2.39. The summed E-state index contributed by atoms with van der Waals surface area (Å²) in [5.74, 6) is -0.870. The van der Waals surface area contributed by atoms with E-state index >= 15 is 0 Å². The number of aromatic carboxylic acids is 1. The molecule has 1 saturated carbocycles. The van der Waals surface area contributed by atoms with Gasteiger partial charge in [0.15, 0.2) is 0 Å². The minimum absolute atomic E-state index is 0.329.